The molecule has 0 saturated carbocycles. The number of aromatic nitrogens is 1. The molecule has 1 aromatic carbocycles. The van der Waals surface area contributed by atoms with Crippen LogP contribution >= 0.6 is 11.6 Å². The van der Waals surface area contributed by atoms with Gasteiger partial charge in [-0.2, -0.15) is 0 Å². The van der Waals surface area contributed by atoms with Gasteiger partial charge in [-0.05, 0) is 29.7 Å². The van der Waals surface area contributed by atoms with E-state index < -0.39 is 0 Å². The highest BCUT2D eigenvalue weighted by Crippen LogP contribution is 2.36. The number of nitrogens with zero attached hydrogens (tertiary/aromatic N) is 1. The van der Waals surface area contributed by atoms with E-state index >= 15 is 0 Å². The van der Waals surface area contributed by atoms with Gasteiger partial charge in [0.05, 0.1) is 17.6 Å². The molecule has 0 fully saturated rings. The lowest BCUT2D eigenvalue weighted by molar-refractivity contribution is 0.415. The summed E-state index contributed by atoms with van der Waals surface area (Å²) in [5.41, 5.74) is 4.53. The Labute approximate surface area is 105 Å². The second-order valence-electron chi connectivity index (χ2n) is 4.28. The molecule has 0 atom stereocenters. The van der Waals surface area contributed by atoms with Crippen molar-refractivity contribution >= 4 is 22.5 Å². The van der Waals surface area contributed by atoms with Crippen LogP contribution in [0, 0.1) is 6.92 Å². The zero-order valence-corrected chi connectivity index (χ0v) is 10.6. The molecule has 17 heavy (non-hydrogen) atoms. The first-order valence-electron chi connectivity index (χ1n) is 5.56. The third kappa shape index (κ3) is 1.50. The fourth-order valence-corrected chi connectivity index (χ4v) is 2.60. The molecule has 1 N–H and O–H groups in total. The molecular formula is C13H13ClN2O. The van der Waals surface area contributed by atoms with Crippen LogP contribution < -0.4 is 10.1 Å². The van der Waals surface area contributed by atoms with E-state index in [0.29, 0.717) is 5.02 Å². The van der Waals surface area contributed by atoms with Gasteiger partial charge in [-0.1, -0.05) is 11.6 Å². The highest BCUT2D eigenvalue weighted by atomic mass is 35.5. The van der Waals surface area contributed by atoms with E-state index in [-0.39, 0.29) is 0 Å². The zero-order valence-electron chi connectivity index (χ0n) is 9.80. The van der Waals surface area contributed by atoms with Crippen molar-refractivity contribution in [2.24, 2.45) is 0 Å². The monoisotopic (exact) mass is 248 g/mol. The number of pyridine rings is 1. The van der Waals surface area contributed by atoms with Crippen molar-refractivity contribution in [3.63, 3.8) is 0 Å². The van der Waals surface area contributed by atoms with Gasteiger partial charge < -0.3 is 10.1 Å². The maximum Gasteiger partial charge on any atom is 0.138 e. The number of methoxy groups -OCH3 is 1. The SMILES string of the molecule is COc1cc2c3c(cnc2c(C)c1Cl)CNC3. The van der Waals surface area contributed by atoms with Crippen LogP contribution in [-0.4, -0.2) is 12.1 Å². The summed E-state index contributed by atoms with van der Waals surface area (Å²) in [6.45, 7) is 3.76. The molecule has 2 heterocycles. The van der Waals surface area contributed by atoms with Gasteiger partial charge in [-0.3, -0.25) is 4.98 Å². The average Bonchev–Trinajstić information content (AvgIpc) is 2.81. The topological polar surface area (TPSA) is 34.1 Å². The number of aryl methyl sites for hydroxylation is 1. The molecule has 0 unspecified atom stereocenters. The molecule has 0 saturated heterocycles. The van der Waals surface area contributed by atoms with Crippen LogP contribution in [0.25, 0.3) is 10.9 Å². The molecular weight excluding hydrogens is 236 g/mol. The third-order valence-corrected chi connectivity index (χ3v) is 3.80. The Morgan fingerprint density at radius 1 is 1.41 bits per heavy atom. The quantitative estimate of drug-likeness (QED) is 0.843. The van der Waals surface area contributed by atoms with Crippen LogP contribution in [0.15, 0.2) is 12.3 Å². The van der Waals surface area contributed by atoms with E-state index in [1.165, 1.54) is 11.1 Å². The molecule has 0 amide bonds. The minimum Gasteiger partial charge on any atom is -0.495 e. The summed E-state index contributed by atoms with van der Waals surface area (Å²) >= 11 is 6.24. The number of hydrogen-bond acceptors (Lipinski definition) is 3. The molecule has 1 aliphatic rings. The number of fused-ring (bicyclic) bond motifs is 3. The summed E-state index contributed by atoms with van der Waals surface area (Å²) in [6.07, 6.45) is 1.94. The average molecular weight is 249 g/mol. The molecule has 4 heteroatoms. The smallest absolute Gasteiger partial charge is 0.138 e. The predicted molar refractivity (Wildman–Crippen MR) is 68.6 cm³/mol. The van der Waals surface area contributed by atoms with Crippen LogP contribution in [-0.2, 0) is 13.1 Å². The molecule has 0 spiro atoms. The predicted octanol–water partition coefficient (Wildman–Crippen LogP) is 2.81. The Morgan fingerprint density at radius 3 is 3.00 bits per heavy atom. The van der Waals surface area contributed by atoms with E-state index in [2.05, 4.69) is 10.3 Å². The molecule has 2 aromatic rings. The minimum absolute atomic E-state index is 0.651. The summed E-state index contributed by atoms with van der Waals surface area (Å²) in [5.74, 6) is 0.721. The lowest BCUT2D eigenvalue weighted by Gasteiger charge is -2.11. The largest absolute Gasteiger partial charge is 0.495 e. The molecule has 0 bridgehead atoms. The Kier molecular flexibility index (Phi) is 2.45. The van der Waals surface area contributed by atoms with Gasteiger partial charge in [-0.15, -0.1) is 0 Å². The van der Waals surface area contributed by atoms with Crippen molar-refractivity contribution in [3.05, 3.63) is 34.0 Å². The lowest BCUT2D eigenvalue weighted by Crippen LogP contribution is -2.00. The van der Waals surface area contributed by atoms with Crippen molar-refractivity contribution < 1.29 is 4.74 Å². The first-order chi connectivity index (χ1) is 8.22. The number of benzene rings is 1. The maximum atomic E-state index is 6.24. The Balaban J connectivity index is 2.41. The zero-order chi connectivity index (χ0) is 12.0. The van der Waals surface area contributed by atoms with E-state index in [4.69, 9.17) is 16.3 Å². The first kappa shape index (κ1) is 10.8. The number of rotatable bonds is 1. The van der Waals surface area contributed by atoms with Crippen molar-refractivity contribution in [3.8, 4) is 5.75 Å². The molecule has 88 valence electrons. The van der Waals surface area contributed by atoms with Crippen LogP contribution in [0.4, 0.5) is 0 Å². The third-order valence-electron chi connectivity index (χ3n) is 3.33. The summed E-state index contributed by atoms with van der Waals surface area (Å²) in [4.78, 5) is 4.51. The normalized spacial score (nSPS) is 14.1. The van der Waals surface area contributed by atoms with Crippen LogP contribution in [0.3, 0.4) is 0 Å². The lowest BCUT2D eigenvalue weighted by atomic mass is 10.0. The molecule has 1 aliphatic heterocycles. The van der Waals surface area contributed by atoms with Crippen molar-refractivity contribution in [2.75, 3.05) is 7.11 Å². The fourth-order valence-electron chi connectivity index (χ4n) is 2.38. The molecule has 0 radical (unpaired) electrons. The number of ether oxygens (including phenoxy) is 1. The number of nitrogens with one attached hydrogen (secondary N) is 1. The van der Waals surface area contributed by atoms with Crippen molar-refractivity contribution in [1.29, 1.82) is 0 Å². The molecule has 0 aliphatic carbocycles. The van der Waals surface area contributed by atoms with E-state index in [9.17, 15) is 0 Å². The van der Waals surface area contributed by atoms with E-state index in [1.807, 2.05) is 19.2 Å². The van der Waals surface area contributed by atoms with Gasteiger partial charge in [0, 0.05) is 24.7 Å². The van der Waals surface area contributed by atoms with Gasteiger partial charge in [-0.25, -0.2) is 0 Å². The van der Waals surface area contributed by atoms with E-state index in [1.54, 1.807) is 7.11 Å². The number of halogens is 1. The molecule has 3 rings (SSSR count). The second kappa shape index (κ2) is 3.86. The fraction of sp³-hybridized carbons (Fsp3) is 0.308. The summed E-state index contributed by atoms with van der Waals surface area (Å²) < 4.78 is 5.31. The van der Waals surface area contributed by atoms with Crippen molar-refractivity contribution in [2.45, 2.75) is 20.0 Å². The Morgan fingerprint density at radius 2 is 2.24 bits per heavy atom. The minimum atomic E-state index is 0.651. The van der Waals surface area contributed by atoms with Gasteiger partial charge >= 0.3 is 0 Å². The summed E-state index contributed by atoms with van der Waals surface area (Å²) in [7, 11) is 1.64. The van der Waals surface area contributed by atoms with Gasteiger partial charge in [0.15, 0.2) is 0 Å². The first-order valence-corrected chi connectivity index (χ1v) is 5.94. The van der Waals surface area contributed by atoms with Gasteiger partial charge in [0.2, 0.25) is 0 Å². The maximum absolute atomic E-state index is 6.24. The van der Waals surface area contributed by atoms with Gasteiger partial charge in [0.1, 0.15) is 5.75 Å². The molecule has 1 aromatic heterocycles. The molecule has 3 nitrogen and oxygen atoms in total. The number of hydrogen-bond donors (Lipinski definition) is 1. The highest BCUT2D eigenvalue weighted by Gasteiger charge is 2.18. The van der Waals surface area contributed by atoms with Gasteiger partial charge in [0.25, 0.3) is 0 Å². The van der Waals surface area contributed by atoms with E-state index in [0.717, 1.165) is 35.3 Å². The van der Waals surface area contributed by atoms with Crippen LogP contribution in [0.1, 0.15) is 16.7 Å². The van der Waals surface area contributed by atoms with Crippen LogP contribution in [0.5, 0.6) is 5.75 Å². The highest BCUT2D eigenvalue weighted by molar-refractivity contribution is 6.33. The summed E-state index contributed by atoms with van der Waals surface area (Å²) in [5, 5.41) is 5.13. The Hall–Kier alpha value is -1.32. The standard InChI is InChI=1S/C13H13ClN2O/c1-7-12(14)11(17-2)3-9-10-6-15-4-8(10)5-16-13(7)9/h3,5,15H,4,6H2,1-2H3. The summed E-state index contributed by atoms with van der Waals surface area (Å²) in [6, 6.07) is 1.99. The Bertz CT molecular complexity index is 610. The van der Waals surface area contributed by atoms with Crippen molar-refractivity contribution in [1.82, 2.24) is 10.3 Å². The van der Waals surface area contributed by atoms with Crippen LogP contribution in [0.2, 0.25) is 5.02 Å². The second-order valence-corrected chi connectivity index (χ2v) is 4.66.